The van der Waals surface area contributed by atoms with Crippen LogP contribution in [0, 0.1) is 0 Å². The molecule has 0 spiro atoms. The van der Waals surface area contributed by atoms with E-state index < -0.39 is 6.04 Å². The summed E-state index contributed by atoms with van der Waals surface area (Å²) in [6.07, 6.45) is 5.43. The molecule has 2 amide bonds. The summed E-state index contributed by atoms with van der Waals surface area (Å²) in [5.41, 5.74) is 4.19. The Labute approximate surface area is 212 Å². The number of thiazole rings is 1. The van der Waals surface area contributed by atoms with Gasteiger partial charge in [-0.15, -0.1) is 11.3 Å². The Bertz CT molecular complexity index is 1440. The summed E-state index contributed by atoms with van der Waals surface area (Å²) in [5, 5.41) is 11.2. The van der Waals surface area contributed by atoms with Crippen LogP contribution in [0.15, 0.2) is 36.9 Å². The summed E-state index contributed by atoms with van der Waals surface area (Å²) in [6.45, 7) is 8.20. The molecule has 4 heterocycles. The molecule has 36 heavy (non-hydrogen) atoms. The van der Waals surface area contributed by atoms with Gasteiger partial charge in [0.2, 0.25) is 0 Å². The maximum absolute atomic E-state index is 12.9. The highest BCUT2D eigenvalue weighted by Crippen LogP contribution is 2.26. The van der Waals surface area contributed by atoms with Crippen LogP contribution < -0.4 is 10.6 Å². The Balaban J connectivity index is 1.24. The third-order valence-corrected chi connectivity index (χ3v) is 7.62. The fourth-order valence-electron chi connectivity index (χ4n) is 4.35. The second-order valence-electron chi connectivity index (χ2n) is 9.24. The standard InChI is InChI=1S/C25H28N8O2S/c1-14(2)33-8-7-16-9-18(6-5-17(16)12-33)31-23(34)20-11-26-25(36-20)15(3)30-24(35)21-19-10-29-32(4)22(19)28-13-27-21/h5-6,9-11,13-15H,7-8,12H2,1-4H3,(H,30,35)(H,31,34). The molecule has 0 bridgehead atoms. The normalized spacial score (nSPS) is 14.6. The van der Waals surface area contributed by atoms with E-state index in [-0.39, 0.29) is 17.5 Å². The molecule has 10 nitrogen and oxygen atoms in total. The molecule has 186 valence electrons. The van der Waals surface area contributed by atoms with Crippen molar-refractivity contribution in [2.24, 2.45) is 7.05 Å². The van der Waals surface area contributed by atoms with Gasteiger partial charge in [-0.1, -0.05) is 6.07 Å². The molecule has 1 aliphatic heterocycles. The number of carbonyl (C=O) groups is 2. The topological polar surface area (TPSA) is 118 Å². The zero-order valence-corrected chi connectivity index (χ0v) is 21.5. The lowest BCUT2D eigenvalue weighted by atomic mass is 9.98. The van der Waals surface area contributed by atoms with E-state index in [0.717, 1.165) is 25.2 Å². The number of hydrogen-bond donors (Lipinski definition) is 2. The first-order valence-electron chi connectivity index (χ1n) is 11.9. The van der Waals surface area contributed by atoms with Gasteiger partial charge in [-0.25, -0.2) is 15.0 Å². The van der Waals surface area contributed by atoms with Gasteiger partial charge < -0.3 is 10.6 Å². The van der Waals surface area contributed by atoms with Gasteiger partial charge in [0.05, 0.1) is 23.8 Å². The summed E-state index contributed by atoms with van der Waals surface area (Å²) in [7, 11) is 1.76. The molecule has 0 radical (unpaired) electrons. The zero-order valence-electron chi connectivity index (χ0n) is 20.6. The Morgan fingerprint density at radius 1 is 1.06 bits per heavy atom. The molecule has 0 saturated heterocycles. The molecular weight excluding hydrogens is 476 g/mol. The van der Waals surface area contributed by atoms with E-state index in [9.17, 15) is 9.59 Å². The van der Waals surface area contributed by atoms with E-state index >= 15 is 0 Å². The molecule has 0 aliphatic carbocycles. The first-order valence-corrected chi connectivity index (χ1v) is 12.7. The first-order chi connectivity index (χ1) is 17.3. The average Bonchev–Trinajstić information content (AvgIpc) is 3.51. The van der Waals surface area contributed by atoms with Crippen molar-refractivity contribution in [3.63, 3.8) is 0 Å². The van der Waals surface area contributed by atoms with Crippen LogP contribution in [0.5, 0.6) is 0 Å². The van der Waals surface area contributed by atoms with Crippen molar-refractivity contribution in [2.75, 3.05) is 11.9 Å². The van der Waals surface area contributed by atoms with Gasteiger partial charge in [-0.3, -0.25) is 19.2 Å². The van der Waals surface area contributed by atoms with Crippen molar-refractivity contribution in [1.82, 2.24) is 34.9 Å². The molecule has 1 atom stereocenters. The van der Waals surface area contributed by atoms with Gasteiger partial charge in [-0.05, 0) is 50.5 Å². The quantitative estimate of drug-likeness (QED) is 0.413. The minimum Gasteiger partial charge on any atom is -0.342 e. The number of aryl methyl sites for hydroxylation is 1. The molecule has 11 heteroatoms. The van der Waals surface area contributed by atoms with Gasteiger partial charge in [0.15, 0.2) is 5.65 Å². The molecule has 3 aromatic heterocycles. The van der Waals surface area contributed by atoms with Gasteiger partial charge in [0.25, 0.3) is 11.8 Å². The number of nitrogens with one attached hydrogen (secondary N) is 2. The van der Waals surface area contributed by atoms with E-state index in [2.05, 4.69) is 61.6 Å². The van der Waals surface area contributed by atoms with Crippen LogP contribution in [-0.4, -0.2) is 54.0 Å². The maximum atomic E-state index is 12.9. The lowest BCUT2D eigenvalue weighted by Gasteiger charge is -2.32. The second-order valence-corrected chi connectivity index (χ2v) is 10.3. The van der Waals surface area contributed by atoms with Crippen LogP contribution in [0.2, 0.25) is 0 Å². The number of hydrogen-bond acceptors (Lipinski definition) is 8. The van der Waals surface area contributed by atoms with Crippen LogP contribution >= 0.6 is 11.3 Å². The predicted octanol–water partition coefficient (Wildman–Crippen LogP) is 3.33. The fraction of sp³-hybridized carbons (Fsp3) is 0.360. The Hall–Kier alpha value is -3.70. The lowest BCUT2D eigenvalue weighted by Crippen LogP contribution is -2.35. The minimum atomic E-state index is -0.404. The predicted molar refractivity (Wildman–Crippen MR) is 138 cm³/mol. The van der Waals surface area contributed by atoms with E-state index in [1.807, 2.05) is 13.0 Å². The van der Waals surface area contributed by atoms with Gasteiger partial charge >= 0.3 is 0 Å². The van der Waals surface area contributed by atoms with Crippen molar-refractivity contribution >= 4 is 39.9 Å². The molecule has 1 aliphatic rings. The van der Waals surface area contributed by atoms with Crippen LogP contribution in [0.1, 0.15) is 63.1 Å². The van der Waals surface area contributed by atoms with Crippen LogP contribution in [0.3, 0.4) is 0 Å². The number of aromatic nitrogens is 5. The summed E-state index contributed by atoms with van der Waals surface area (Å²) in [6, 6.07) is 6.23. The van der Waals surface area contributed by atoms with Crippen molar-refractivity contribution in [2.45, 2.75) is 45.8 Å². The SMILES string of the molecule is CC(NC(=O)c1ncnc2c1cnn2C)c1ncc(C(=O)Nc2ccc3c(c2)CCN(C(C)C)C3)s1. The summed E-state index contributed by atoms with van der Waals surface area (Å²) >= 11 is 1.25. The minimum absolute atomic E-state index is 0.218. The van der Waals surface area contributed by atoms with E-state index in [0.29, 0.717) is 27.0 Å². The number of fused-ring (bicyclic) bond motifs is 2. The number of carbonyl (C=O) groups excluding carboxylic acids is 2. The van der Waals surface area contributed by atoms with Gasteiger partial charge in [-0.2, -0.15) is 5.10 Å². The summed E-state index contributed by atoms with van der Waals surface area (Å²) in [5.74, 6) is -0.570. The van der Waals surface area contributed by atoms with E-state index in [1.54, 1.807) is 24.1 Å². The highest BCUT2D eigenvalue weighted by atomic mass is 32.1. The number of benzene rings is 1. The van der Waals surface area contributed by atoms with Gasteiger partial charge in [0.1, 0.15) is 21.9 Å². The second kappa shape index (κ2) is 9.75. The maximum Gasteiger partial charge on any atom is 0.271 e. The van der Waals surface area contributed by atoms with E-state index in [4.69, 9.17) is 0 Å². The molecule has 0 saturated carbocycles. The number of anilines is 1. The molecule has 0 fully saturated rings. The van der Waals surface area contributed by atoms with Crippen molar-refractivity contribution in [1.29, 1.82) is 0 Å². The smallest absolute Gasteiger partial charge is 0.271 e. The number of rotatable bonds is 6. The number of amides is 2. The Morgan fingerprint density at radius 2 is 1.89 bits per heavy atom. The molecule has 5 rings (SSSR count). The summed E-state index contributed by atoms with van der Waals surface area (Å²) < 4.78 is 1.59. The zero-order chi connectivity index (χ0) is 25.4. The number of nitrogens with zero attached hydrogens (tertiary/aromatic N) is 6. The highest BCUT2D eigenvalue weighted by molar-refractivity contribution is 7.13. The third-order valence-electron chi connectivity index (χ3n) is 6.45. The van der Waals surface area contributed by atoms with Crippen LogP contribution in [0.25, 0.3) is 11.0 Å². The average molecular weight is 505 g/mol. The Kier molecular flexibility index (Phi) is 6.50. The van der Waals surface area contributed by atoms with Crippen LogP contribution in [0.4, 0.5) is 5.69 Å². The molecule has 1 unspecified atom stereocenters. The lowest BCUT2D eigenvalue weighted by molar-refractivity contribution is 0.0936. The molecular formula is C25H28N8O2S. The largest absolute Gasteiger partial charge is 0.342 e. The summed E-state index contributed by atoms with van der Waals surface area (Å²) in [4.78, 5) is 41.4. The fourth-order valence-corrected chi connectivity index (χ4v) is 5.16. The molecule has 4 aromatic rings. The van der Waals surface area contributed by atoms with Crippen molar-refractivity contribution < 1.29 is 9.59 Å². The third kappa shape index (κ3) is 4.71. The Morgan fingerprint density at radius 3 is 2.69 bits per heavy atom. The highest BCUT2D eigenvalue weighted by Gasteiger charge is 2.22. The molecule has 1 aromatic carbocycles. The van der Waals surface area contributed by atoms with Gasteiger partial charge in [0, 0.05) is 31.9 Å². The van der Waals surface area contributed by atoms with Crippen molar-refractivity contribution in [3.8, 4) is 0 Å². The molecule has 2 N–H and O–H groups in total. The first kappa shape index (κ1) is 24.0. The van der Waals surface area contributed by atoms with Crippen molar-refractivity contribution in [3.05, 3.63) is 63.6 Å². The monoisotopic (exact) mass is 504 g/mol. The van der Waals surface area contributed by atoms with E-state index in [1.165, 1.54) is 28.8 Å². The van der Waals surface area contributed by atoms with Crippen LogP contribution in [-0.2, 0) is 20.0 Å².